The molecule has 0 radical (unpaired) electrons. The van der Waals surface area contributed by atoms with Gasteiger partial charge in [-0.05, 0) is 19.3 Å². The number of aliphatic carboxylic acids is 1. The van der Waals surface area contributed by atoms with Crippen LogP contribution in [0.4, 0.5) is 5.82 Å². The summed E-state index contributed by atoms with van der Waals surface area (Å²) in [6.45, 7) is 0.295. The minimum Gasteiger partial charge on any atom is -0.481 e. The third kappa shape index (κ3) is 2.85. The first-order valence-electron chi connectivity index (χ1n) is 6.98. The molecule has 1 aliphatic heterocycles. The van der Waals surface area contributed by atoms with E-state index in [0.717, 1.165) is 36.3 Å². The molecule has 1 saturated heterocycles. The van der Waals surface area contributed by atoms with E-state index < -0.39 is 21.8 Å². The van der Waals surface area contributed by atoms with Crippen molar-refractivity contribution in [3.8, 4) is 0 Å². The van der Waals surface area contributed by atoms with Crippen molar-refractivity contribution in [2.24, 2.45) is 0 Å². The summed E-state index contributed by atoms with van der Waals surface area (Å²) in [5.41, 5.74) is 2.05. The van der Waals surface area contributed by atoms with Gasteiger partial charge in [0.25, 0.3) is 0 Å². The van der Waals surface area contributed by atoms with Gasteiger partial charge in [-0.3, -0.25) is 4.79 Å². The molecule has 1 atom stereocenters. The Balaban J connectivity index is 1.96. The van der Waals surface area contributed by atoms with Crippen LogP contribution in [-0.4, -0.2) is 53.6 Å². The van der Waals surface area contributed by atoms with E-state index in [1.165, 1.54) is 6.33 Å². The summed E-state index contributed by atoms with van der Waals surface area (Å²) in [4.78, 5) is 21.4. The molecule has 8 heteroatoms. The van der Waals surface area contributed by atoms with Crippen LogP contribution in [0, 0.1) is 0 Å². The van der Waals surface area contributed by atoms with Crippen molar-refractivity contribution in [3.63, 3.8) is 0 Å². The quantitative estimate of drug-likeness (QED) is 0.841. The lowest BCUT2D eigenvalue weighted by Crippen LogP contribution is -2.50. The molecule has 1 aromatic rings. The monoisotopic (exact) mass is 311 g/mol. The Hall–Kier alpha value is -1.70. The summed E-state index contributed by atoms with van der Waals surface area (Å²) >= 11 is 0. The summed E-state index contributed by atoms with van der Waals surface area (Å²) in [6, 6.07) is -0.555. The smallest absolute Gasteiger partial charge is 0.305 e. The maximum absolute atomic E-state index is 11.8. The fraction of sp³-hybridized carbons (Fsp3) is 0.615. The zero-order valence-corrected chi connectivity index (χ0v) is 12.3. The van der Waals surface area contributed by atoms with E-state index in [1.807, 2.05) is 4.90 Å². The summed E-state index contributed by atoms with van der Waals surface area (Å²) < 4.78 is 23.6. The highest BCUT2D eigenvalue weighted by Crippen LogP contribution is 2.31. The van der Waals surface area contributed by atoms with Crippen LogP contribution in [-0.2, 0) is 27.5 Å². The summed E-state index contributed by atoms with van der Waals surface area (Å²) in [5, 5.41) is 9.04. The number of hydrogen-bond donors (Lipinski definition) is 1. The molecule has 1 aliphatic carbocycles. The normalized spacial score (nSPS) is 23.8. The number of carboxylic acid groups (broad SMARTS) is 1. The second-order valence-electron chi connectivity index (χ2n) is 5.54. The number of hydrogen-bond acceptors (Lipinski definition) is 6. The topological polar surface area (TPSA) is 100 Å². The lowest BCUT2D eigenvalue weighted by Gasteiger charge is -2.36. The predicted molar refractivity (Wildman–Crippen MR) is 76.1 cm³/mol. The molecule has 1 aromatic heterocycles. The van der Waals surface area contributed by atoms with Crippen molar-refractivity contribution >= 4 is 21.6 Å². The maximum atomic E-state index is 11.8. The fourth-order valence-corrected chi connectivity index (χ4v) is 4.65. The minimum atomic E-state index is -3.18. The largest absolute Gasteiger partial charge is 0.481 e. The van der Waals surface area contributed by atoms with Crippen molar-refractivity contribution in [2.75, 3.05) is 23.0 Å². The number of sulfone groups is 1. The number of aryl methyl sites for hydroxylation is 1. The third-order valence-electron chi connectivity index (χ3n) is 4.06. The van der Waals surface area contributed by atoms with Crippen LogP contribution >= 0.6 is 0 Å². The molecule has 1 N–H and O–H groups in total. The van der Waals surface area contributed by atoms with Gasteiger partial charge in [-0.1, -0.05) is 0 Å². The van der Waals surface area contributed by atoms with E-state index in [-0.39, 0.29) is 17.9 Å². The average Bonchev–Trinajstić information content (AvgIpc) is 2.85. The van der Waals surface area contributed by atoms with Crippen LogP contribution in [0.1, 0.15) is 24.1 Å². The fourth-order valence-electron chi connectivity index (χ4n) is 3.13. The first-order chi connectivity index (χ1) is 9.96. The summed E-state index contributed by atoms with van der Waals surface area (Å²) in [7, 11) is -3.18. The molecule has 0 saturated carbocycles. The van der Waals surface area contributed by atoms with Gasteiger partial charge in [0.15, 0.2) is 9.84 Å². The van der Waals surface area contributed by atoms with Gasteiger partial charge in [0.1, 0.15) is 12.1 Å². The number of rotatable bonds is 3. The molecule has 7 nitrogen and oxygen atoms in total. The van der Waals surface area contributed by atoms with Gasteiger partial charge in [-0.25, -0.2) is 18.4 Å². The van der Waals surface area contributed by atoms with Crippen LogP contribution in [0.5, 0.6) is 0 Å². The van der Waals surface area contributed by atoms with Gasteiger partial charge >= 0.3 is 5.97 Å². The van der Waals surface area contributed by atoms with Crippen molar-refractivity contribution in [1.29, 1.82) is 0 Å². The molecule has 21 heavy (non-hydrogen) atoms. The van der Waals surface area contributed by atoms with Gasteiger partial charge < -0.3 is 10.0 Å². The third-order valence-corrected chi connectivity index (χ3v) is 5.76. The van der Waals surface area contributed by atoms with Gasteiger partial charge in [0.05, 0.1) is 24.0 Å². The number of fused-ring (bicyclic) bond motifs is 1. The van der Waals surface area contributed by atoms with E-state index in [0.29, 0.717) is 6.54 Å². The van der Waals surface area contributed by atoms with E-state index in [9.17, 15) is 13.2 Å². The number of aromatic nitrogens is 2. The van der Waals surface area contributed by atoms with Crippen LogP contribution in [0.3, 0.4) is 0 Å². The van der Waals surface area contributed by atoms with Crippen molar-refractivity contribution in [3.05, 3.63) is 17.6 Å². The highest BCUT2D eigenvalue weighted by Gasteiger charge is 2.35. The van der Waals surface area contributed by atoms with Crippen LogP contribution in [0.2, 0.25) is 0 Å². The van der Waals surface area contributed by atoms with E-state index in [4.69, 9.17) is 5.11 Å². The zero-order valence-electron chi connectivity index (χ0n) is 11.5. The Morgan fingerprint density at radius 1 is 1.38 bits per heavy atom. The number of carbonyl (C=O) groups is 1. The Morgan fingerprint density at radius 3 is 2.95 bits per heavy atom. The standard InChI is InChI=1S/C13H17N3O4S/c17-12(18)6-9-7-21(19,20)5-4-16(9)13-10-2-1-3-11(10)14-8-15-13/h8-9H,1-7H2,(H,17,18). The Labute approximate surface area is 122 Å². The Morgan fingerprint density at radius 2 is 2.19 bits per heavy atom. The molecule has 0 spiro atoms. The van der Waals surface area contributed by atoms with Crippen molar-refractivity contribution < 1.29 is 18.3 Å². The molecule has 2 aliphatic rings. The molecule has 3 rings (SSSR count). The first kappa shape index (κ1) is 14.2. The average molecular weight is 311 g/mol. The lowest BCUT2D eigenvalue weighted by molar-refractivity contribution is -0.137. The molecule has 114 valence electrons. The number of anilines is 1. The van der Waals surface area contributed by atoms with Gasteiger partial charge in [0, 0.05) is 17.8 Å². The second-order valence-corrected chi connectivity index (χ2v) is 7.76. The highest BCUT2D eigenvalue weighted by atomic mass is 32.2. The molecular formula is C13H17N3O4S. The molecule has 1 fully saturated rings. The maximum Gasteiger partial charge on any atom is 0.305 e. The van der Waals surface area contributed by atoms with Crippen molar-refractivity contribution in [1.82, 2.24) is 9.97 Å². The van der Waals surface area contributed by atoms with E-state index in [1.54, 1.807) is 0 Å². The highest BCUT2D eigenvalue weighted by molar-refractivity contribution is 7.91. The minimum absolute atomic E-state index is 0.0435. The van der Waals surface area contributed by atoms with E-state index in [2.05, 4.69) is 9.97 Å². The lowest BCUT2D eigenvalue weighted by atomic mass is 10.1. The second kappa shape index (κ2) is 5.25. The molecule has 2 heterocycles. The number of carboxylic acids is 1. The van der Waals surface area contributed by atoms with Gasteiger partial charge in [-0.2, -0.15) is 0 Å². The van der Waals surface area contributed by atoms with Gasteiger partial charge in [-0.15, -0.1) is 0 Å². The number of nitrogens with zero attached hydrogens (tertiary/aromatic N) is 3. The van der Waals surface area contributed by atoms with Crippen LogP contribution in [0.25, 0.3) is 0 Å². The zero-order chi connectivity index (χ0) is 15.0. The Bertz CT molecular complexity index is 674. The Kier molecular flexibility index (Phi) is 3.56. The van der Waals surface area contributed by atoms with Crippen LogP contribution < -0.4 is 4.90 Å². The molecule has 0 amide bonds. The molecule has 0 bridgehead atoms. The van der Waals surface area contributed by atoms with Crippen molar-refractivity contribution in [2.45, 2.75) is 31.7 Å². The van der Waals surface area contributed by atoms with E-state index >= 15 is 0 Å². The summed E-state index contributed by atoms with van der Waals surface area (Å²) in [5.74, 6) is -0.355. The van der Waals surface area contributed by atoms with Gasteiger partial charge in [0.2, 0.25) is 0 Å². The predicted octanol–water partition coefficient (Wildman–Crippen LogP) is 0.0434. The molecular weight excluding hydrogens is 294 g/mol. The van der Waals surface area contributed by atoms with Crippen LogP contribution in [0.15, 0.2) is 6.33 Å². The summed E-state index contributed by atoms with van der Waals surface area (Å²) in [6.07, 6.45) is 4.07. The first-order valence-corrected chi connectivity index (χ1v) is 8.80. The SMILES string of the molecule is O=C(O)CC1CS(=O)(=O)CCN1c1ncnc2c1CCC2. The molecule has 1 unspecified atom stereocenters. The molecule has 0 aromatic carbocycles.